The van der Waals surface area contributed by atoms with E-state index < -0.39 is 4.92 Å². The number of nitrogens with zero attached hydrogens (tertiary/aromatic N) is 4. The summed E-state index contributed by atoms with van der Waals surface area (Å²) in [5.41, 5.74) is 2.23. The van der Waals surface area contributed by atoms with Crippen molar-refractivity contribution in [2.45, 2.75) is 24.9 Å². The number of anilines is 1. The van der Waals surface area contributed by atoms with Crippen molar-refractivity contribution in [2.24, 2.45) is 7.05 Å². The second-order valence-electron chi connectivity index (χ2n) is 6.90. The highest BCUT2D eigenvalue weighted by Crippen LogP contribution is 2.28. The van der Waals surface area contributed by atoms with Crippen LogP contribution >= 0.6 is 23.4 Å². The normalized spacial score (nSPS) is 11.0. The van der Waals surface area contributed by atoms with Gasteiger partial charge < -0.3 is 9.88 Å². The van der Waals surface area contributed by atoms with Crippen LogP contribution in [0, 0.1) is 10.1 Å². The van der Waals surface area contributed by atoms with Gasteiger partial charge in [0.2, 0.25) is 5.91 Å². The monoisotopic (exact) mass is 445 g/mol. The summed E-state index contributed by atoms with van der Waals surface area (Å²) in [6.45, 7) is 4.27. The van der Waals surface area contributed by atoms with E-state index in [-0.39, 0.29) is 28.1 Å². The van der Waals surface area contributed by atoms with E-state index in [1.807, 2.05) is 23.7 Å². The summed E-state index contributed by atoms with van der Waals surface area (Å²) in [7, 11) is 1.84. The Kier molecular flexibility index (Phi) is 6.73. The number of nitro groups is 1. The van der Waals surface area contributed by atoms with E-state index in [4.69, 9.17) is 11.6 Å². The highest BCUT2D eigenvalue weighted by molar-refractivity contribution is 7.99. The number of nitrogens with one attached hydrogen (secondary N) is 1. The fourth-order valence-corrected chi connectivity index (χ4v) is 3.62. The fraction of sp³-hybridized carbons (Fsp3) is 0.250. The van der Waals surface area contributed by atoms with Gasteiger partial charge >= 0.3 is 0 Å². The molecular weight excluding hydrogens is 426 g/mol. The van der Waals surface area contributed by atoms with Crippen LogP contribution in [0.2, 0.25) is 5.02 Å². The highest BCUT2D eigenvalue weighted by atomic mass is 35.5. The van der Waals surface area contributed by atoms with Crippen molar-refractivity contribution in [1.82, 2.24) is 14.8 Å². The minimum atomic E-state index is -0.546. The van der Waals surface area contributed by atoms with Gasteiger partial charge in [0.05, 0.1) is 21.4 Å². The van der Waals surface area contributed by atoms with Crippen molar-refractivity contribution in [3.8, 4) is 11.4 Å². The first-order valence-corrected chi connectivity index (χ1v) is 10.5. The number of aromatic nitrogens is 3. The number of benzene rings is 2. The average Bonchev–Trinajstić information content (AvgIpc) is 3.08. The number of non-ortho nitro benzene ring substituents is 1. The molecule has 1 aromatic heterocycles. The van der Waals surface area contributed by atoms with E-state index in [1.54, 1.807) is 0 Å². The largest absolute Gasteiger partial charge is 0.324 e. The minimum absolute atomic E-state index is 0.0529. The Morgan fingerprint density at radius 3 is 2.57 bits per heavy atom. The summed E-state index contributed by atoms with van der Waals surface area (Å²) in [4.78, 5) is 22.6. The highest BCUT2D eigenvalue weighted by Gasteiger charge is 2.15. The summed E-state index contributed by atoms with van der Waals surface area (Å²) >= 11 is 7.23. The third-order valence-electron chi connectivity index (χ3n) is 4.44. The van der Waals surface area contributed by atoms with Gasteiger partial charge in [-0.1, -0.05) is 61.5 Å². The fourth-order valence-electron chi connectivity index (χ4n) is 2.75. The van der Waals surface area contributed by atoms with Crippen molar-refractivity contribution in [1.29, 1.82) is 0 Å². The Labute approximate surface area is 182 Å². The molecule has 0 saturated carbocycles. The topological polar surface area (TPSA) is 103 Å². The summed E-state index contributed by atoms with van der Waals surface area (Å²) in [6, 6.07) is 12.0. The number of rotatable bonds is 7. The first kappa shape index (κ1) is 21.8. The van der Waals surface area contributed by atoms with Gasteiger partial charge in [-0.15, -0.1) is 10.2 Å². The van der Waals surface area contributed by atoms with E-state index in [9.17, 15) is 14.9 Å². The Bertz CT molecular complexity index is 1080. The zero-order chi connectivity index (χ0) is 21.8. The second kappa shape index (κ2) is 9.27. The van der Waals surface area contributed by atoms with Crippen molar-refractivity contribution in [2.75, 3.05) is 11.1 Å². The molecule has 1 N–H and O–H groups in total. The van der Waals surface area contributed by atoms with Gasteiger partial charge in [0.1, 0.15) is 0 Å². The van der Waals surface area contributed by atoms with Crippen LogP contribution in [0.15, 0.2) is 47.6 Å². The Balaban J connectivity index is 1.66. The molecule has 0 fully saturated rings. The number of carbonyl (C=O) groups is 1. The molecule has 0 spiro atoms. The van der Waals surface area contributed by atoms with Crippen molar-refractivity contribution < 1.29 is 9.72 Å². The Morgan fingerprint density at radius 2 is 1.93 bits per heavy atom. The molecule has 0 aliphatic heterocycles. The number of amides is 1. The van der Waals surface area contributed by atoms with Crippen LogP contribution in [0.4, 0.5) is 11.4 Å². The third kappa shape index (κ3) is 4.98. The number of hydrogen-bond acceptors (Lipinski definition) is 6. The molecule has 30 heavy (non-hydrogen) atoms. The Morgan fingerprint density at radius 1 is 1.23 bits per heavy atom. The molecule has 156 valence electrons. The van der Waals surface area contributed by atoms with Crippen LogP contribution in [0.1, 0.15) is 25.3 Å². The van der Waals surface area contributed by atoms with Crippen molar-refractivity contribution >= 4 is 40.6 Å². The molecule has 2 aromatic carbocycles. The van der Waals surface area contributed by atoms with Crippen molar-refractivity contribution in [3.63, 3.8) is 0 Å². The zero-order valence-electron chi connectivity index (χ0n) is 16.6. The lowest BCUT2D eigenvalue weighted by atomic mass is 10.0. The summed E-state index contributed by atoms with van der Waals surface area (Å²) in [6.07, 6.45) is 0. The predicted octanol–water partition coefficient (Wildman–Crippen LogP) is 4.90. The maximum absolute atomic E-state index is 12.3. The molecule has 0 radical (unpaired) electrons. The molecule has 0 atom stereocenters. The molecule has 0 saturated heterocycles. The van der Waals surface area contributed by atoms with Gasteiger partial charge in [0, 0.05) is 24.7 Å². The minimum Gasteiger partial charge on any atom is -0.324 e. The van der Waals surface area contributed by atoms with E-state index in [1.165, 1.54) is 35.5 Å². The van der Waals surface area contributed by atoms with Gasteiger partial charge in [-0.05, 0) is 17.5 Å². The molecule has 0 bridgehead atoms. The van der Waals surface area contributed by atoms with Crippen LogP contribution < -0.4 is 5.32 Å². The molecule has 1 amide bonds. The number of nitro benzene ring substituents is 1. The molecule has 8 nitrogen and oxygen atoms in total. The molecular formula is C20H20ClN5O3S. The first-order chi connectivity index (χ1) is 14.3. The predicted molar refractivity (Wildman–Crippen MR) is 118 cm³/mol. The van der Waals surface area contributed by atoms with Crippen LogP contribution in [0.3, 0.4) is 0 Å². The lowest BCUT2D eigenvalue weighted by Gasteiger charge is -2.08. The van der Waals surface area contributed by atoms with Gasteiger partial charge in [-0.25, -0.2) is 0 Å². The molecule has 0 aliphatic carbocycles. The number of carbonyl (C=O) groups excluding carboxylic acids is 1. The van der Waals surface area contributed by atoms with E-state index >= 15 is 0 Å². The molecule has 3 aromatic rings. The lowest BCUT2D eigenvalue weighted by Crippen LogP contribution is -2.15. The zero-order valence-corrected chi connectivity index (χ0v) is 18.2. The van der Waals surface area contributed by atoms with Crippen LogP contribution in [0.5, 0.6) is 0 Å². The van der Waals surface area contributed by atoms with E-state index in [2.05, 4.69) is 41.5 Å². The van der Waals surface area contributed by atoms with Crippen molar-refractivity contribution in [3.05, 3.63) is 63.2 Å². The van der Waals surface area contributed by atoms with E-state index in [0.29, 0.717) is 16.9 Å². The number of hydrogen-bond donors (Lipinski definition) is 1. The van der Waals surface area contributed by atoms with Crippen LogP contribution in [0.25, 0.3) is 11.4 Å². The van der Waals surface area contributed by atoms with Gasteiger partial charge in [-0.3, -0.25) is 14.9 Å². The first-order valence-electron chi connectivity index (χ1n) is 9.12. The maximum Gasteiger partial charge on any atom is 0.271 e. The standard InChI is InChI=1S/C20H20ClN5O3S/c1-12(2)13-4-6-14(7-5-13)19-23-24-20(25(19)3)30-11-18(27)22-17-10-15(26(28)29)8-9-16(17)21/h4-10,12H,11H2,1-3H3,(H,22,27). The molecule has 1 heterocycles. The van der Waals surface area contributed by atoms with E-state index in [0.717, 1.165) is 5.56 Å². The lowest BCUT2D eigenvalue weighted by molar-refractivity contribution is -0.384. The number of halogens is 1. The smallest absolute Gasteiger partial charge is 0.271 e. The molecule has 0 unspecified atom stereocenters. The summed E-state index contributed by atoms with van der Waals surface area (Å²) in [5.74, 6) is 0.850. The SMILES string of the molecule is CC(C)c1ccc(-c2nnc(SCC(=O)Nc3cc([N+](=O)[O-])ccc3Cl)n2C)cc1. The third-order valence-corrected chi connectivity index (χ3v) is 5.79. The molecule has 3 rings (SSSR count). The quantitative estimate of drug-likeness (QED) is 0.315. The number of thioether (sulfide) groups is 1. The van der Waals surface area contributed by atoms with Gasteiger partial charge in [0.15, 0.2) is 11.0 Å². The molecule has 10 heteroatoms. The average molecular weight is 446 g/mol. The van der Waals surface area contributed by atoms with Gasteiger partial charge in [0.25, 0.3) is 5.69 Å². The summed E-state index contributed by atoms with van der Waals surface area (Å²) in [5, 5.41) is 22.7. The summed E-state index contributed by atoms with van der Waals surface area (Å²) < 4.78 is 1.82. The maximum atomic E-state index is 12.3. The molecule has 0 aliphatic rings. The second-order valence-corrected chi connectivity index (χ2v) is 8.25. The van der Waals surface area contributed by atoms with Crippen LogP contribution in [-0.4, -0.2) is 31.3 Å². The Hall–Kier alpha value is -2.91. The van der Waals surface area contributed by atoms with Crippen LogP contribution in [-0.2, 0) is 11.8 Å². The van der Waals surface area contributed by atoms with Gasteiger partial charge in [-0.2, -0.15) is 0 Å².